The number of carbonyl (C=O) groups excluding carboxylic acids is 1. The molecule has 1 amide bonds. The van der Waals surface area contributed by atoms with Crippen LogP contribution < -0.4 is 10.6 Å². The highest BCUT2D eigenvalue weighted by molar-refractivity contribution is 7.99. The van der Waals surface area contributed by atoms with Gasteiger partial charge in [0.25, 0.3) is 5.78 Å². The van der Waals surface area contributed by atoms with E-state index >= 15 is 0 Å². The normalized spacial score (nSPS) is 19.6. The highest BCUT2D eigenvalue weighted by Gasteiger charge is 2.25. The molecular formula is C18H30N8OS. The fourth-order valence-corrected chi connectivity index (χ4v) is 4.31. The van der Waals surface area contributed by atoms with Crippen LogP contribution in [0, 0.1) is 5.92 Å². The van der Waals surface area contributed by atoms with E-state index < -0.39 is 0 Å². The first-order valence-electron chi connectivity index (χ1n) is 10.0. The Morgan fingerprint density at radius 3 is 2.54 bits per heavy atom. The first kappa shape index (κ1) is 20.6. The van der Waals surface area contributed by atoms with Crippen LogP contribution in [0.5, 0.6) is 0 Å². The van der Waals surface area contributed by atoms with Gasteiger partial charge in [-0.3, -0.25) is 4.79 Å². The van der Waals surface area contributed by atoms with E-state index in [0.717, 1.165) is 25.3 Å². The van der Waals surface area contributed by atoms with Gasteiger partial charge in [-0.2, -0.15) is 9.97 Å². The maximum atomic E-state index is 12.7. The number of aromatic nitrogens is 5. The quantitative estimate of drug-likeness (QED) is 0.645. The lowest BCUT2D eigenvalue weighted by Gasteiger charge is -2.33. The summed E-state index contributed by atoms with van der Waals surface area (Å²) < 4.78 is 1.77. The summed E-state index contributed by atoms with van der Waals surface area (Å²) in [6.45, 7) is 7.71. The molecule has 0 saturated heterocycles. The summed E-state index contributed by atoms with van der Waals surface area (Å²) in [5, 5.41) is 15.3. The van der Waals surface area contributed by atoms with E-state index in [2.05, 4.69) is 37.7 Å². The molecule has 0 radical (unpaired) electrons. The van der Waals surface area contributed by atoms with Gasteiger partial charge in [-0.15, -0.1) is 10.2 Å². The van der Waals surface area contributed by atoms with E-state index in [0.29, 0.717) is 41.2 Å². The van der Waals surface area contributed by atoms with Crippen molar-refractivity contribution in [2.45, 2.75) is 57.7 Å². The zero-order valence-electron chi connectivity index (χ0n) is 17.1. The number of rotatable bonds is 8. The molecule has 154 valence electrons. The minimum Gasteiger partial charge on any atom is -0.355 e. The lowest BCUT2D eigenvalue weighted by Crippen LogP contribution is -2.40. The van der Waals surface area contributed by atoms with Crippen molar-refractivity contribution >= 4 is 35.3 Å². The summed E-state index contributed by atoms with van der Waals surface area (Å²) in [6, 6.07) is 0.350. The molecule has 1 fully saturated rings. The van der Waals surface area contributed by atoms with Crippen LogP contribution in [-0.4, -0.2) is 67.3 Å². The molecule has 0 aromatic carbocycles. The van der Waals surface area contributed by atoms with Crippen molar-refractivity contribution in [1.29, 1.82) is 0 Å². The number of hydrogen-bond donors (Lipinski definition) is 2. The molecule has 2 heterocycles. The van der Waals surface area contributed by atoms with Gasteiger partial charge >= 0.3 is 0 Å². The van der Waals surface area contributed by atoms with Crippen molar-refractivity contribution in [2.24, 2.45) is 5.92 Å². The Labute approximate surface area is 170 Å². The van der Waals surface area contributed by atoms with Gasteiger partial charge in [0.2, 0.25) is 17.8 Å². The Bertz CT molecular complexity index is 802. The van der Waals surface area contributed by atoms with Crippen molar-refractivity contribution in [3.05, 3.63) is 0 Å². The Balaban J connectivity index is 1.70. The second kappa shape index (κ2) is 9.40. The third-order valence-corrected chi connectivity index (χ3v) is 6.08. The molecule has 0 atom stereocenters. The highest BCUT2D eigenvalue weighted by atomic mass is 32.2. The molecule has 2 N–H and O–H groups in total. The summed E-state index contributed by atoms with van der Waals surface area (Å²) >= 11 is 1.37. The van der Waals surface area contributed by atoms with Crippen molar-refractivity contribution in [1.82, 2.24) is 29.5 Å². The molecule has 1 saturated carbocycles. The molecule has 0 unspecified atom stereocenters. The number of hydrogen-bond acceptors (Lipinski definition) is 8. The first-order valence-corrected chi connectivity index (χ1v) is 11.0. The third kappa shape index (κ3) is 4.65. The maximum Gasteiger partial charge on any atom is 0.261 e. The Hall–Kier alpha value is -2.10. The minimum absolute atomic E-state index is 0.122. The summed E-state index contributed by atoms with van der Waals surface area (Å²) in [5.74, 6) is 2.82. The zero-order chi connectivity index (χ0) is 20.1. The van der Waals surface area contributed by atoms with Crippen molar-refractivity contribution in [3.8, 4) is 0 Å². The molecule has 0 bridgehead atoms. The van der Waals surface area contributed by atoms with Gasteiger partial charge in [-0.1, -0.05) is 18.7 Å². The van der Waals surface area contributed by atoms with Crippen LogP contribution >= 0.6 is 11.8 Å². The number of nitrogens with zero attached hydrogens (tertiary/aromatic N) is 6. The molecule has 28 heavy (non-hydrogen) atoms. The smallest absolute Gasteiger partial charge is 0.261 e. The molecule has 2 aromatic rings. The number of carbonyl (C=O) groups is 1. The van der Waals surface area contributed by atoms with Crippen molar-refractivity contribution < 1.29 is 4.79 Å². The van der Waals surface area contributed by atoms with Crippen molar-refractivity contribution in [2.75, 3.05) is 36.5 Å². The fourth-order valence-electron chi connectivity index (χ4n) is 3.46. The third-order valence-electron chi connectivity index (χ3n) is 5.17. The summed E-state index contributed by atoms with van der Waals surface area (Å²) in [6.07, 6.45) is 4.57. The minimum atomic E-state index is 0.122. The summed E-state index contributed by atoms with van der Waals surface area (Å²) in [5.41, 5.74) is 0. The van der Waals surface area contributed by atoms with Gasteiger partial charge in [0.15, 0.2) is 5.16 Å². The summed E-state index contributed by atoms with van der Waals surface area (Å²) in [4.78, 5) is 23.5. The van der Waals surface area contributed by atoms with Gasteiger partial charge < -0.3 is 15.5 Å². The molecular weight excluding hydrogens is 376 g/mol. The maximum absolute atomic E-state index is 12.7. The second-order valence-electron chi connectivity index (χ2n) is 7.26. The van der Waals surface area contributed by atoms with Crippen LogP contribution in [-0.2, 0) is 4.79 Å². The molecule has 3 rings (SSSR count). The number of anilines is 2. The second-order valence-corrected chi connectivity index (χ2v) is 8.20. The van der Waals surface area contributed by atoms with Crippen LogP contribution in [0.3, 0.4) is 0 Å². The van der Waals surface area contributed by atoms with Crippen molar-refractivity contribution in [3.63, 3.8) is 0 Å². The number of amides is 1. The molecule has 9 nitrogen and oxygen atoms in total. The fraction of sp³-hybridized carbons (Fsp3) is 0.722. The standard InChI is InChI=1S/C18H30N8OS/c1-5-19-15-21-16(20-6-2)26-17(22-15)23-24-18(26)28-11-14(27)25(4)13-9-7-12(3)8-10-13/h12-13H,5-11H2,1-4H3,(H2,19,20,21,22,23). The SMILES string of the molecule is CCNc1nc(NCC)n2c(SCC(=O)N(C)C3CCC(C)CC3)nnc2n1. The molecule has 10 heteroatoms. The number of thioether (sulfide) groups is 1. The van der Waals surface area contributed by atoms with Crippen LogP contribution in [0.4, 0.5) is 11.9 Å². The molecule has 1 aliphatic rings. The zero-order valence-corrected chi connectivity index (χ0v) is 17.9. The van der Waals surface area contributed by atoms with Crippen LogP contribution in [0.1, 0.15) is 46.5 Å². The molecule has 1 aliphatic carbocycles. The predicted molar refractivity (Wildman–Crippen MR) is 112 cm³/mol. The van der Waals surface area contributed by atoms with E-state index in [1.165, 1.54) is 24.6 Å². The van der Waals surface area contributed by atoms with E-state index in [4.69, 9.17) is 0 Å². The van der Waals surface area contributed by atoms with E-state index in [9.17, 15) is 4.79 Å². The van der Waals surface area contributed by atoms with Gasteiger partial charge in [-0.25, -0.2) is 4.40 Å². The largest absolute Gasteiger partial charge is 0.355 e. The predicted octanol–water partition coefficient (Wildman–Crippen LogP) is 2.51. The summed E-state index contributed by atoms with van der Waals surface area (Å²) in [7, 11) is 1.92. The monoisotopic (exact) mass is 406 g/mol. The van der Waals surface area contributed by atoms with Crippen LogP contribution in [0.15, 0.2) is 5.16 Å². The van der Waals surface area contributed by atoms with Crippen LogP contribution in [0.25, 0.3) is 5.78 Å². The molecule has 0 spiro atoms. The van der Waals surface area contributed by atoms with E-state index in [-0.39, 0.29) is 5.91 Å². The highest BCUT2D eigenvalue weighted by Crippen LogP contribution is 2.27. The Kier molecular flexibility index (Phi) is 6.93. The average Bonchev–Trinajstić information content (AvgIpc) is 3.10. The lowest BCUT2D eigenvalue weighted by atomic mass is 9.87. The van der Waals surface area contributed by atoms with Gasteiger partial charge in [0.05, 0.1) is 5.75 Å². The topological polar surface area (TPSA) is 100 Å². The Morgan fingerprint density at radius 1 is 1.14 bits per heavy atom. The first-order chi connectivity index (χ1) is 13.5. The van der Waals surface area contributed by atoms with Crippen LogP contribution in [0.2, 0.25) is 0 Å². The van der Waals surface area contributed by atoms with Gasteiger partial charge in [0, 0.05) is 26.2 Å². The average molecular weight is 407 g/mol. The molecule has 2 aromatic heterocycles. The van der Waals surface area contributed by atoms with E-state index in [1.54, 1.807) is 4.40 Å². The van der Waals surface area contributed by atoms with Gasteiger partial charge in [-0.05, 0) is 45.4 Å². The number of fused-ring (bicyclic) bond motifs is 1. The van der Waals surface area contributed by atoms with E-state index in [1.807, 2.05) is 25.8 Å². The lowest BCUT2D eigenvalue weighted by molar-refractivity contribution is -0.129. The number of nitrogens with one attached hydrogen (secondary N) is 2. The molecule has 0 aliphatic heterocycles. The Morgan fingerprint density at radius 2 is 1.86 bits per heavy atom. The van der Waals surface area contributed by atoms with Gasteiger partial charge in [0.1, 0.15) is 0 Å².